The summed E-state index contributed by atoms with van der Waals surface area (Å²) in [6, 6.07) is 14.9. The largest absolute Gasteiger partial charge is 0.288 e. The predicted molar refractivity (Wildman–Crippen MR) is 130 cm³/mol. The van der Waals surface area contributed by atoms with Gasteiger partial charge < -0.3 is 0 Å². The number of amides is 1. The van der Waals surface area contributed by atoms with E-state index in [-0.39, 0.29) is 5.91 Å². The summed E-state index contributed by atoms with van der Waals surface area (Å²) in [5.74, 6) is 0.0211. The number of benzene rings is 2. The molecule has 0 bridgehead atoms. The summed E-state index contributed by atoms with van der Waals surface area (Å²) in [7, 11) is -3.45. The number of para-hydroxylation sites is 1. The van der Waals surface area contributed by atoms with Crippen molar-refractivity contribution in [3.63, 3.8) is 0 Å². The van der Waals surface area contributed by atoms with Crippen LogP contribution in [0, 0.1) is 0 Å². The van der Waals surface area contributed by atoms with Crippen LogP contribution in [-0.2, 0) is 21.2 Å². The molecule has 1 amide bonds. The van der Waals surface area contributed by atoms with E-state index in [0.717, 1.165) is 46.6 Å². The van der Waals surface area contributed by atoms with Crippen LogP contribution in [0.15, 0.2) is 53.4 Å². The van der Waals surface area contributed by atoms with Crippen LogP contribution in [0.25, 0.3) is 10.2 Å². The Bertz CT molecular complexity index is 1130. The molecule has 4 rings (SSSR count). The molecule has 0 unspecified atom stereocenters. The number of thiazole rings is 1. The molecular weight excluding hydrogens is 442 g/mol. The number of hydrogen-bond donors (Lipinski definition) is 0. The van der Waals surface area contributed by atoms with Crippen LogP contribution >= 0.6 is 11.3 Å². The van der Waals surface area contributed by atoms with Crippen molar-refractivity contribution >= 4 is 42.6 Å². The highest BCUT2D eigenvalue weighted by atomic mass is 32.2. The molecule has 1 saturated heterocycles. The average molecular weight is 472 g/mol. The fourth-order valence-electron chi connectivity index (χ4n) is 4.04. The highest BCUT2D eigenvalue weighted by molar-refractivity contribution is 7.89. The Morgan fingerprint density at radius 1 is 1.03 bits per heavy atom. The van der Waals surface area contributed by atoms with E-state index in [1.54, 1.807) is 21.3 Å². The molecule has 0 saturated carbocycles. The van der Waals surface area contributed by atoms with Crippen molar-refractivity contribution in [3.05, 3.63) is 54.1 Å². The molecule has 1 fully saturated rings. The summed E-state index contributed by atoms with van der Waals surface area (Å²) in [6.45, 7) is 3.70. The highest BCUT2D eigenvalue weighted by Crippen LogP contribution is 2.29. The third-order valence-electron chi connectivity index (χ3n) is 5.88. The molecule has 0 atom stereocenters. The molecule has 3 aromatic rings. The highest BCUT2D eigenvalue weighted by Gasteiger charge is 2.25. The molecule has 2 heterocycles. The summed E-state index contributed by atoms with van der Waals surface area (Å²) >= 11 is 1.52. The number of anilines is 1. The number of rotatable bonds is 7. The van der Waals surface area contributed by atoms with E-state index in [0.29, 0.717) is 37.4 Å². The van der Waals surface area contributed by atoms with Gasteiger partial charge in [0.05, 0.1) is 15.1 Å². The van der Waals surface area contributed by atoms with Crippen LogP contribution in [0.1, 0.15) is 44.6 Å². The molecule has 0 N–H and O–H groups in total. The van der Waals surface area contributed by atoms with Crippen LogP contribution in [-0.4, -0.2) is 43.2 Å². The van der Waals surface area contributed by atoms with E-state index in [2.05, 4.69) is 4.98 Å². The number of aromatic nitrogens is 1. The molecule has 32 heavy (non-hydrogen) atoms. The summed E-state index contributed by atoms with van der Waals surface area (Å²) in [5, 5.41) is 0.720. The zero-order valence-corrected chi connectivity index (χ0v) is 20.0. The molecule has 6 nitrogen and oxygen atoms in total. The van der Waals surface area contributed by atoms with Gasteiger partial charge in [0, 0.05) is 26.1 Å². The van der Waals surface area contributed by atoms with Gasteiger partial charge in [-0.25, -0.2) is 13.4 Å². The minimum atomic E-state index is -3.45. The van der Waals surface area contributed by atoms with Crippen molar-refractivity contribution in [2.75, 3.05) is 24.5 Å². The number of aryl methyl sites for hydroxylation is 1. The lowest BCUT2D eigenvalue weighted by Gasteiger charge is -2.20. The maximum atomic E-state index is 12.9. The third kappa shape index (κ3) is 5.03. The molecule has 2 aromatic carbocycles. The minimum Gasteiger partial charge on any atom is -0.288 e. The second kappa shape index (κ2) is 10.1. The Morgan fingerprint density at radius 2 is 1.72 bits per heavy atom. The van der Waals surface area contributed by atoms with Crippen LogP contribution in [0.2, 0.25) is 0 Å². The van der Waals surface area contributed by atoms with Gasteiger partial charge in [0.15, 0.2) is 5.13 Å². The van der Waals surface area contributed by atoms with Crippen molar-refractivity contribution in [2.45, 2.75) is 50.3 Å². The predicted octanol–water partition coefficient (Wildman–Crippen LogP) is 4.85. The first-order valence-electron chi connectivity index (χ1n) is 11.2. The standard InChI is InChI=1S/C24H29N3O3S2/c1-2-27(24-25-21-9-5-6-10-22(21)31-24)23(28)16-13-19-11-14-20(15-12-19)32(29,30)26-17-7-3-4-8-18-26/h5-6,9-12,14-15H,2-4,7-8,13,16-18H2,1H3. The Labute approximate surface area is 193 Å². The van der Waals surface area contributed by atoms with E-state index in [1.165, 1.54) is 11.3 Å². The van der Waals surface area contributed by atoms with Gasteiger partial charge in [-0.3, -0.25) is 9.69 Å². The molecular formula is C24H29N3O3S2. The smallest absolute Gasteiger partial charge is 0.243 e. The second-order valence-electron chi connectivity index (χ2n) is 8.06. The SMILES string of the molecule is CCN(C(=O)CCc1ccc(S(=O)(=O)N2CCCCCC2)cc1)c1nc2ccccc2s1. The van der Waals surface area contributed by atoms with Gasteiger partial charge in [0.1, 0.15) is 0 Å². The molecule has 0 radical (unpaired) electrons. The van der Waals surface area contributed by atoms with Gasteiger partial charge in [0.2, 0.25) is 15.9 Å². The van der Waals surface area contributed by atoms with Gasteiger partial charge in [0.25, 0.3) is 0 Å². The zero-order valence-electron chi connectivity index (χ0n) is 18.4. The molecule has 0 aliphatic carbocycles. The van der Waals surface area contributed by atoms with E-state index < -0.39 is 10.0 Å². The number of fused-ring (bicyclic) bond motifs is 1. The monoisotopic (exact) mass is 471 g/mol. The maximum Gasteiger partial charge on any atom is 0.243 e. The molecule has 0 spiro atoms. The molecule has 1 aliphatic rings. The Morgan fingerprint density at radius 3 is 2.38 bits per heavy atom. The quantitative estimate of drug-likeness (QED) is 0.494. The first-order chi connectivity index (χ1) is 15.5. The van der Waals surface area contributed by atoms with Crippen molar-refractivity contribution < 1.29 is 13.2 Å². The number of carbonyl (C=O) groups excluding carboxylic acids is 1. The fourth-order valence-corrected chi connectivity index (χ4v) is 6.60. The van der Waals surface area contributed by atoms with Crippen LogP contribution in [0.3, 0.4) is 0 Å². The molecule has 1 aromatic heterocycles. The minimum absolute atomic E-state index is 0.0211. The van der Waals surface area contributed by atoms with Gasteiger partial charge in [-0.1, -0.05) is 48.4 Å². The number of hydrogen-bond acceptors (Lipinski definition) is 5. The summed E-state index contributed by atoms with van der Waals surface area (Å²) in [6.07, 6.45) is 4.92. The lowest BCUT2D eigenvalue weighted by Crippen LogP contribution is -2.32. The lowest BCUT2D eigenvalue weighted by atomic mass is 10.1. The third-order valence-corrected chi connectivity index (χ3v) is 8.86. The van der Waals surface area contributed by atoms with E-state index in [9.17, 15) is 13.2 Å². The van der Waals surface area contributed by atoms with Gasteiger partial charge in [-0.2, -0.15) is 4.31 Å². The topological polar surface area (TPSA) is 70.6 Å². The number of sulfonamides is 1. The average Bonchev–Trinajstić information content (AvgIpc) is 3.02. The van der Waals surface area contributed by atoms with E-state index >= 15 is 0 Å². The number of nitrogens with zero attached hydrogens (tertiary/aromatic N) is 3. The Hall–Kier alpha value is -2.29. The maximum absolute atomic E-state index is 12.9. The van der Waals surface area contributed by atoms with Crippen LogP contribution < -0.4 is 4.90 Å². The first-order valence-corrected chi connectivity index (χ1v) is 13.5. The normalized spacial score (nSPS) is 15.5. The van der Waals surface area contributed by atoms with Gasteiger partial charge in [-0.05, 0) is 56.0 Å². The summed E-state index contributed by atoms with van der Waals surface area (Å²) in [5.41, 5.74) is 1.86. The fraction of sp³-hybridized carbons (Fsp3) is 0.417. The Balaban J connectivity index is 1.40. The van der Waals surface area contributed by atoms with Crippen molar-refractivity contribution in [2.24, 2.45) is 0 Å². The van der Waals surface area contributed by atoms with Crippen LogP contribution in [0.4, 0.5) is 5.13 Å². The van der Waals surface area contributed by atoms with Gasteiger partial charge in [-0.15, -0.1) is 0 Å². The van der Waals surface area contributed by atoms with Crippen molar-refractivity contribution in [1.82, 2.24) is 9.29 Å². The Kier molecular flexibility index (Phi) is 7.23. The zero-order chi connectivity index (χ0) is 22.6. The first kappa shape index (κ1) is 22.9. The summed E-state index contributed by atoms with van der Waals surface area (Å²) in [4.78, 5) is 19.5. The number of carbonyl (C=O) groups is 1. The van der Waals surface area contributed by atoms with E-state index in [1.807, 2.05) is 43.3 Å². The summed E-state index contributed by atoms with van der Waals surface area (Å²) < 4.78 is 28.5. The molecule has 8 heteroatoms. The molecule has 170 valence electrons. The van der Waals surface area contributed by atoms with E-state index in [4.69, 9.17) is 0 Å². The van der Waals surface area contributed by atoms with Crippen molar-refractivity contribution in [3.8, 4) is 0 Å². The second-order valence-corrected chi connectivity index (χ2v) is 11.0. The van der Waals surface area contributed by atoms with Gasteiger partial charge >= 0.3 is 0 Å². The van der Waals surface area contributed by atoms with Crippen molar-refractivity contribution in [1.29, 1.82) is 0 Å². The lowest BCUT2D eigenvalue weighted by molar-refractivity contribution is -0.118. The molecule has 1 aliphatic heterocycles. The van der Waals surface area contributed by atoms with Crippen LogP contribution in [0.5, 0.6) is 0 Å².